The molecule has 4 heterocycles. The largest absolute Gasteiger partial charge is 0.454 e. The molecule has 2 aromatic heterocycles. The highest BCUT2D eigenvalue weighted by atomic mass is 16.4. The van der Waals surface area contributed by atoms with E-state index in [2.05, 4.69) is 4.90 Å². The fraction of sp³-hybridized carbons (Fsp3) is 0.500. The van der Waals surface area contributed by atoms with Crippen LogP contribution in [0.2, 0.25) is 0 Å². The van der Waals surface area contributed by atoms with Gasteiger partial charge in [-0.1, -0.05) is 6.07 Å². The molecule has 4 rings (SSSR count). The molecule has 160 valence electrons. The highest BCUT2D eigenvalue weighted by Gasteiger charge is 2.26. The molecule has 2 aliphatic rings. The van der Waals surface area contributed by atoms with Crippen LogP contribution in [0.4, 0.5) is 0 Å². The molecule has 0 saturated carbocycles. The van der Waals surface area contributed by atoms with E-state index in [1.165, 1.54) is 17.1 Å². The lowest BCUT2D eigenvalue weighted by molar-refractivity contribution is -0.133. The summed E-state index contributed by atoms with van der Waals surface area (Å²) in [4.78, 5) is 42.9. The van der Waals surface area contributed by atoms with Gasteiger partial charge >= 0.3 is 0 Å². The molecule has 0 N–H and O–H groups in total. The third kappa shape index (κ3) is 4.81. The quantitative estimate of drug-likeness (QED) is 0.739. The van der Waals surface area contributed by atoms with Gasteiger partial charge in [0.25, 0.3) is 11.5 Å². The summed E-state index contributed by atoms with van der Waals surface area (Å²) >= 11 is 0. The van der Waals surface area contributed by atoms with E-state index in [0.29, 0.717) is 45.0 Å². The molecular formula is C22H28N4O4. The van der Waals surface area contributed by atoms with Crippen molar-refractivity contribution < 1.29 is 14.0 Å². The standard InChI is InChI=1S/C22H28N4O4/c27-20-6-2-5-11-26(20)16-18-7-8-19(30-18)22(29)25-14-12-23(13-15-25)17-21(28)24-9-3-1-4-10-24/h2,5-8,11H,1,3-4,9-10,12-17H2. The lowest BCUT2D eigenvalue weighted by atomic mass is 10.1. The Morgan fingerprint density at radius 3 is 2.37 bits per heavy atom. The average Bonchev–Trinajstić information content (AvgIpc) is 3.24. The van der Waals surface area contributed by atoms with Gasteiger partial charge in [0.2, 0.25) is 5.91 Å². The molecule has 0 bridgehead atoms. The van der Waals surface area contributed by atoms with Crippen LogP contribution in [-0.2, 0) is 11.3 Å². The van der Waals surface area contributed by atoms with Crippen molar-refractivity contribution in [1.82, 2.24) is 19.3 Å². The first-order valence-electron chi connectivity index (χ1n) is 10.6. The molecule has 0 aliphatic carbocycles. The molecule has 2 aliphatic heterocycles. The van der Waals surface area contributed by atoms with Crippen LogP contribution in [0.25, 0.3) is 0 Å². The van der Waals surface area contributed by atoms with Crippen LogP contribution in [0.3, 0.4) is 0 Å². The van der Waals surface area contributed by atoms with Gasteiger partial charge in [0.15, 0.2) is 5.76 Å². The van der Waals surface area contributed by atoms with Crippen LogP contribution in [0, 0.1) is 0 Å². The molecule has 0 unspecified atom stereocenters. The number of carbonyl (C=O) groups excluding carboxylic acids is 2. The van der Waals surface area contributed by atoms with Gasteiger partial charge in [-0.2, -0.15) is 0 Å². The SMILES string of the molecule is O=C(CN1CCN(C(=O)c2ccc(Cn3ccccc3=O)o2)CC1)N1CCCCC1. The van der Waals surface area contributed by atoms with Crippen molar-refractivity contribution in [3.63, 3.8) is 0 Å². The van der Waals surface area contributed by atoms with Crippen molar-refractivity contribution >= 4 is 11.8 Å². The topological polar surface area (TPSA) is 79.0 Å². The summed E-state index contributed by atoms with van der Waals surface area (Å²) in [6, 6.07) is 8.37. The van der Waals surface area contributed by atoms with Gasteiger partial charge in [-0.25, -0.2) is 0 Å². The second-order valence-electron chi connectivity index (χ2n) is 7.94. The number of pyridine rings is 1. The zero-order chi connectivity index (χ0) is 20.9. The van der Waals surface area contributed by atoms with Crippen molar-refractivity contribution in [1.29, 1.82) is 0 Å². The number of hydrogen-bond acceptors (Lipinski definition) is 5. The Bertz CT molecular complexity index is 936. The van der Waals surface area contributed by atoms with Crippen molar-refractivity contribution in [2.75, 3.05) is 45.8 Å². The van der Waals surface area contributed by atoms with Gasteiger partial charge in [0, 0.05) is 51.5 Å². The number of rotatable bonds is 5. The number of carbonyl (C=O) groups is 2. The van der Waals surface area contributed by atoms with Crippen molar-refractivity contribution in [3.8, 4) is 0 Å². The summed E-state index contributed by atoms with van der Waals surface area (Å²) in [5.74, 6) is 0.897. The second-order valence-corrected chi connectivity index (χ2v) is 7.94. The molecule has 2 saturated heterocycles. The van der Waals surface area contributed by atoms with E-state index in [0.717, 1.165) is 25.9 Å². The van der Waals surface area contributed by atoms with E-state index in [-0.39, 0.29) is 23.1 Å². The zero-order valence-electron chi connectivity index (χ0n) is 17.2. The average molecular weight is 412 g/mol. The van der Waals surface area contributed by atoms with Crippen LogP contribution in [0.5, 0.6) is 0 Å². The van der Waals surface area contributed by atoms with Gasteiger partial charge < -0.3 is 18.8 Å². The Labute approximate surface area is 175 Å². The van der Waals surface area contributed by atoms with Gasteiger partial charge in [-0.05, 0) is 37.5 Å². The number of piperidine rings is 1. The Balaban J connectivity index is 1.28. The van der Waals surface area contributed by atoms with Crippen LogP contribution in [0.1, 0.15) is 35.6 Å². The Morgan fingerprint density at radius 1 is 0.867 bits per heavy atom. The van der Waals surface area contributed by atoms with Crippen LogP contribution >= 0.6 is 0 Å². The maximum Gasteiger partial charge on any atom is 0.289 e. The third-order valence-electron chi connectivity index (χ3n) is 5.82. The Morgan fingerprint density at radius 2 is 1.63 bits per heavy atom. The number of amides is 2. The Hall–Kier alpha value is -2.87. The molecule has 8 nitrogen and oxygen atoms in total. The number of likely N-dealkylation sites (tertiary alicyclic amines) is 1. The fourth-order valence-electron chi connectivity index (χ4n) is 4.04. The van der Waals surface area contributed by atoms with Crippen molar-refractivity contribution in [2.24, 2.45) is 0 Å². The normalized spacial score (nSPS) is 17.9. The van der Waals surface area contributed by atoms with Crippen molar-refractivity contribution in [3.05, 3.63) is 58.4 Å². The first-order chi connectivity index (χ1) is 14.6. The van der Waals surface area contributed by atoms with Gasteiger partial charge in [-0.15, -0.1) is 0 Å². The number of furan rings is 1. The summed E-state index contributed by atoms with van der Waals surface area (Å²) < 4.78 is 7.24. The smallest absolute Gasteiger partial charge is 0.289 e. The predicted molar refractivity (Wildman–Crippen MR) is 111 cm³/mol. The highest BCUT2D eigenvalue weighted by molar-refractivity contribution is 5.91. The number of aromatic nitrogens is 1. The molecule has 8 heteroatoms. The number of piperazine rings is 1. The van der Waals surface area contributed by atoms with Gasteiger partial charge in [0.1, 0.15) is 5.76 Å². The maximum absolute atomic E-state index is 12.8. The third-order valence-corrected chi connectivity index (χ3v) is 5.82. The lowest BCUT2D eigenvalue weighted by Gasteiger charge is -2.35. The van der Waals surface area contributed by atoms with Crippen molar-refractivity contribution in [2.45, 2.75) is 25.8 Å². The van der Waals surface area contributed by atoms with Crippen LogP contribution in [0.15, 0.2) is 45.7 Å². The summed E-state index contributed by atoms with van der Waals surface area (Å²) in [6.45, 7) is 4.95. The van der Waals surface area contributed by atoms with Gasteiger partial charge in [-0.3, -0.25) is 19.3 Å². The van der Waals surface area contributed by atoms with Gasteiger partial charge in [0.05, 0.1) is 13.1 Å². The minimum Gasteiger partial charge on any atom is -0.454 e. The first-order valence-corrected chi connectivity index (χ1v) is 10.6. The Kier molecular flexibility index (Phi) is 6.32. The lowest BCUT2D eigenvalue weighted by Crippen LogP contribution is -2.52. The molecule has 0 spiro atoms. The monoisotopic (exact) mass is 412 g/mol. The molecule has 2 fully saturated rings. The van der Waals surface area contributed by atoms with E-state index < -0.39 is 0 Å². The summed E-state index contributed by atoms with van der Waals surface area (Å²) in [6.07, 6.45) is 5.09. The zero-order valence-corrected chi connectivity index (χ0v) is 17.2. The molecule has 2 aromatic rings. The minimum absolute atomic E-state index is 0.114. The molecule has 2 amide bonds. The molecule has 30 heavy (non-hydrogen) atoms. The highest BCUT2D eigenvalue weighted by Crippen LogP contribution is 2.14. The predicted octanol–water partition coefficient (Wildman–Crippen LogP) is 1.26. The van der Waals surface area contributed by atoms with E-state index in [9.17, 15) is 14.4 Å². The van der Waals surface area contributed by atoms with E-state index in [4.69, 9.17) is 4.42 Å². The second kappa shape index (κ2) is 9.30. The fourth-order valence-corrected chi connectivity index (χ4v) is 4.04. The molecule has 0 atom stereocenters. The summed E-state index contributed by atoms with van der Waals surface area (Å²) in [7, 11) is 0. The van der Waals surface area contributed by atoms with E-state index in [1.54, 1.807) is 35.4 Å². The van der Waals surface area contributed by atoms with E-state index in [1.807, 2.05) is 4.90 Å². The molecule has 0 aromatic carbocycles. The maximum atomic E-state index is 12.8. The summed E-state index contributed by atoms with van der Waals surface area (Å²) in [5.41, 5.74) is -0.114. The van der Waals surface area contributed by atoms with Crippen LogP contribution < -0.4 is 5.56 Å². The molecule has 0 radical (unpaired) electrons. The molecular weight excluding hydrogens is 384 g/mol. The number of hydrogen-bond donors (Lipinski definition) is 0. The van der Waals surface area contributed by atoms with E-state index >= 15 is 0 Å². The summed E-state index contributed by atoms with van der Waals surface area (Å²) in [5, 5.41) is 0. The minimum atomic E-state index is -0.149. The number of nitrogens with zero attached hydrogens (tertiary/aromatic N) is 4. The van der Waals surface area contributed by atoms with Crippen LogP contribution in [-0.4, -0.2) is 76.9 Å². The first kappa shape index (κ1) is 20.4.